The number of carbonyl (C=O) groups is 1. The van der Waals surface area contributed by atoms with Crippen LogP contribution in [0.1, 0.15) is 17.2 Å². The third-order valence-electron chi connectivity index (χ3n) is 5.04. The van der Waals surface area contributed by atoms with Crippen LogP contribution in [0, 0.1) is 5.82 Å². The van der Waals surface area contributed by atoms with Gasteiger partial charge in [0.25, 0.3) is 0 Å². The first-order valence-corrected chi connectivity index (χ1v) is 9.70. The van der Waals surface area contributed by atoms with Crippen molar-refractivity contribution in [1.82, 2.24) is 14.9 Å². The van der Waals surface area contributed by atoms with Gasteiger partial charge in [0.2, 0.25) is 5.91 Å². The summed E-state index contributed by atoms with van der Waals surface area (Å²) in [6, 6.07) is 21.1. The van der Waals surface area contributed by atoms with Crippen LogP contribution in [0.15, 0.2) is 79.1 Å². The maximum Gasteiger partial charge on any atom is 0.224 e. The Morgan fingerprint density at radius 3 is 2.53 bits per heavy atom. The van der Waals surface area contributed by atoms with Crippen molar-refractivity contribution < 1.29 is 13.9 Å². The molecule has 0 saturated heterocycles. The zero-order valence-electron chi connectivity index (χ0n) is 16.6. The number of imidazole rings is 1. The summed E-state index contributed by atoms with van der Waals surface area (Å²) in [6.07, 6.45) is 2.00. The van der Waals surface area contributed by atoms with Crippen LogP contribution >= 0.6 is 0 Å². The topological polar surface area (TPSA) is 56.1 Å². The lowest BCUT2D eigenvalue weighted by Gasteiger charge is -2.20. The van der Waals surface area contributed by atoms with Crippen LogP contribution < -0.4 is 10.1 Å². The Kier molecular flexibility index (Phi) is 5.75. The Morgan fingerprint density at radius 1 is 1.07 bits per heavy atom. The van der Waals surface area contributed by atoms with E-state index in [-0.39, 0.29) is 24.2 Å². The van der Waals surface area contributed by atoms with Gasteiger partial charge >= 0.3 is 0 Å². The third kappa shape index (κ3) is 4.49. The van der Waals surface area contributed by atoms with Crippen LogP contribution in [0.2, 0.25) is 0 Å². The van der Waals surface area contributed by atoms with E-state index in [1.165, 1.54) is 12.1 Å². The lowest BCUT2D eigenvalue weighted by molar-refractivity contribution is -0.121. The Morgan fingerprint density at radius 2 is 1.80 bits per heavy atom. The molecule has 1 N–H and O–H groups in total. The number of carbonyl (C=O) groups excluding carboxylic acids is 1. The Labute approximate surface area is 174 Å². The smallest absolute Gasteiger partial charge is 0.224 e. The maximum absolute atomic E-state index is 13.4. The molecule has 4 rings (SSSR count). The number of fused-ring (bicyclic) bond motifs is 1. The maximum atomic E-state index is 13.4. The standard InChI is InChI=1S/C24H22FN3O2/c1-30-20-12-6-17(7-13-20)14-24(29)27-22(18-8-10-19(25)11-9-18)15-28-16-26-21-4-2-3-5-23(21)28/h2-13,16,22H,14-15H2,1H3,(H,27,29). The van der Waals surface area contributed by atoms with Gasteiger partial charge < -0.3 is 14.6 Å². The predicted molar refractivity (Wildman–Crippen MR) is 114 cm³/mol. The minimum atomic E-state index is -0.325. The molecule has 0 spiro atoms. The van der Waals surface area contributed by atoms with E-state index >= 15 is 0 Å². The fraction of sp³-hybridized carbons (Fsp3) is 0.167. The summed E-state index contributed by atoms with van der Waals surface area (Å²) < 4.78 is 20.6. The van der Waals surface area contributed by atoms with Crippen molar-refractivity contribution in [1.29, 1.82) is 0 Å². The first-order valence-electron chi connectivity index (χ1n) is 9.70. The van der Waals surface area contributed by atoms with Crippen molar-refractivity contribution in [3.8, 4) is 5.75 Å². The number of amides is 1. The molecular weight excluding hydrogens is 381 g/mol. The normalized spacial score (nSPS) is 11.9. The molecule has 152 valence electrons. The van der Waals surface area contributed by atoms with Gasteiger partial charge in [-0.25, -0.2) is 9.37 Å². The number of nitrogens with one attached hydrogen (secondary N) is 1. The molecule has 1 atom stereocenters. The van der Waals surface area contributed by atoms with Gasteiger partial charge in [0.1, 0.15) is 11.6 Å². The second-order valence-corrected chi connectivity index (χ2v) is 7.08. The van der Waals surface area contributed by atoms with Gasteiger partial charge in [-0.3, -0.25) is 4.79 Å². The molecule has 1 heterocycles. The number of aromatic nitrogens is 2. The summed E-state index contributed by atoms with van der Waals surface area (Å²) in [6.45, 7) is 0.487. The summed E-state index contributed by atoms with van der Waals surface area (Å²) in [5.41, 5.74) is 3.59. The van der Waals surface area contributed by atoms with E-state index in [0.717, 1.165) is 27.9 Å². The molecule has 30 heavy (non-hydrogen) atoms. The van der Waals surface area contributed by atoms with Crippen molar-refractivity contribution >= 4 is 16.9 Å². The summed E-state index contributed by atoms with van der Waals surface area (Å²) in [7, 11) is 1.61. The van der Waals surface area contributed by atoms with E-state index in [1.54, 1.807) is 25.6 Å². The molecule has 5 nitrogen and oxygen atoms in total. The van der Waals surface area contributed by atoms with Gasteiger partial charge in [0.15, 0.2) is 0 Å². The highest BCUT2D eigenvalue weighted by atomic mass is 19.1. The molecule has 3 aromatic carbocycles. The van der Waals surface area contributed by atoms with E-state index < -0.39 is 0 Å². The van der Waals surface area contributed by atoms with Crippen molar-refractivity contribution in [3.63, 3.8) is 0 Å². The van der Waals surface area contributed by atoms with Crippen molar-refractivity contribution in [3.05, 3.63) is 96.1 Å². The molecule has 4 aromatic rings. The van der Waals surface area contributed by atoms with Crippen molar-refractivity contribution in [2.75, 3.05) is 7.11 Å². The predicted octanol–water partition coefficient (Wildman–Crippen LogP) is 4.28. The fourth-order valence-corrected chi connectivity index (χ4v) is 3.46. The van der Waals surface area contributed by atoms with Gasteiger partial charge in [-0.05, 0) is 47.5 Å². The van der Waals surface area contributed by atoms with E-state index in [4.69, 9.17) is 4.74 Å². The van der Waals surface area contributed by atoms with Crippen LogP contribution in [-0.2, 0) is 17.8 Å². The molecule has 1 amide bonds. The van der Waals surface area contributed by atoms with E-state index in [2.05, 4.69) is 10.3 Å². The summed E-state index contributed by atoms with van der Waals surface area (Å²) in [4.78, 5) is 17.2. The van der Waals surface area contributed by atoms with Crippen LogP contribution in [0.3, 0.4) is 0 Å². The molecular formula is C24H22FN3O2. The van der Waals surface area contributed by atoms with Gasteiger partial charge in [-0.1, -0.05) is 36.4 Å². The Bertz CT molecular complexity index is 1140. The third-order valence-corrected chi connectivity index (χ3v) is 5.04. The molecule has 0 aliphatic rings. The average Bonchev–Trinajstić information content (AvgIpc) is 3.17. The Balaban J connectivity index is 1.55. The fourth-order valence-electron chi connectivity index (χ4n) is 3.46. The van der Waals surface area contributed by atoms with Crippen molar-refractivity contribution in [2.45, 2.75) is 19.0 Å². The monoisotopic (exact) mass is 403 g/mol. The molecule has 0 radical (unpaired) electrons. The molecule has 1 unspecified atom stereocenters. The van der Waals surface area contributed by atoms with Crippen LogP contribution in [0.25, 0.3) is 11.0 Å². The van der Waals surface area contributed by atoms with E-state index in [1.807, 2.05) is 53.1 Å². The Hall–Kier alpha value is -3.67. The molecule has 0 aliphatic heterocycles. The lowest BCUT2D eigenvalue weighted by atomic mass is 10.1. The second-order valence-electron chi connectivity index (χ2n) is 7.08. The minimum absolute atomic E-state index is 0.112. The number of benzene rings is 3. The lowest BCUT2D eigenvalue weighted by Crippen LogP contribution is -2.32. The average molecular weight is 403 g/mol. The number of methoxy groups -OCH3 is 1. The molecule has 0 bridgehead atoms. The summed E-state index contributed by atoms with van der Waals surface area (Å²) in [5.74, 6) is 0.324. The van der Waals surface area contributed by atoms with Crippen LogP contribution in [0.5, 0.6) is 5.75 Å². The minimum Gasteiger partial charge on any atom is -0.497 e. The SMILES string of the molecule is COc1ccc(CC(=O)NC(Cn2cnc3ccccc32)c2ccc(F)cc2)cc1. The first-order chi connectivity index (χ1) is 14.6. The van der Waals surface area contributed by atoms with Crippen LogP contribution in [0.4, 0.5) is 4.39 Å². The number of hydrogen-bond acceptors (Lipinski definition) is 3. The molecule has 0 saturated carbocycles. The largest absolute Gasteiger partial charge is 0.497 e. The van der Waals surface area contributed by atoms with Gasteiger partial charge in [-0.15, -0.1) is 0 Å². The quantitative estimate of drug-likeness (QED) is 0.501. The highest BCUT2D eigenvalue weighted by Gasteiger charge is 2.17. The highest BCUT2D eigenvalue weighted by molar-refractivity contribution is 5.79. The van der Waals surface area contributed by atoms with Crippen LogP contribution in [-0.4, -0.2) is 22.6 Å². The van der Waals surface area contributed by atoms with Gasteiger partial charge in [0.05, 0.1) is 36.9 Å². The number of halogens is 1. The number of nitrogens with zero attached hydrogens (tertiary/aromatic N) is 2. The highest BCUT2D eigenvalue weighted by Crippen LogP contribution is 2.20. The van der Waals surface area contributed by atoms with Gasteiger partial charge in [0, 0.05) is 6.54 Å². The van der Waals surface area contributed by atoms with Crippen molar-refractivity contribution in [2.24, 2.45) is 0 Å². The number of ether oxygens (including phenoxy) is 1. The number of rotatable bonds is 7. The summed E-state index contributed by atoms with van der Waals surface area (Å²) >= 11 is 0. The molecule has 6 heteroatoms. The number of hydrogen-bond donors (Lipinski definition) is 1. The van der Waals surface area contributed by atoms with E-state index in [9.17, 15) is 9.18 Å². The number of para-hydroxylation sites is 2. The molecule has 0 aliphatic carbocycles. The van der Waals surface area contributed by atoms with E-state index in [0.29, 0.717) is 6.54 Å². The second kappa shape index (κ2) is 8.78. The molecule has 1 aromatic heterocycles. The molecule has 0 fully saturated rings. The zero-order valence-corrected chi connectivity index (χ0v) is 16.6. The van der Waals surface area contributed by atoms with Gasteiger partial charge in [-0.2, -0.15) is 0 Å². The first kappa shape index (κ1) is 19.6. The zero-order chi connectivity index (χ0) is 20.9. The summed E-state index contributed by atoms with van der Waals surface area (Å²) in [5, 5.41) is 3.09.